The fourth-order valence-electron chi connectivity index (χ4n) is 1.53. The van der Waals surface area contributed by atoms with Crippen molar-refractivity contribution in [2.75, 3.05) is 6.54 Å². The van der Waals surface area contributed by atoms with Gasteiger partial charge in [-0.1, -0.05) is 20.8 Å². The Morgan fingerprint density at radius 2 is 1.39 bits per heavy atom. The van der Waals surface area contributed by atoms with Crippen molar-refractivity contribution in [2.45, 2.75) is 26.8 Å². The van der Waals surface area contributed by atoms with Gasteiger partial charge in [0, 0.05) is 19.5 Å². The Kier molecular flexibility index (Phi) is 9.82. The summed E-state index contributed by atoms with van der Waals surface area (Å²) >= 11 is 0. The zero-order valence-corrected chi connectivity index (χ0v) is 13.1. The summed E-state index contributed by atoms with van der Waals surface area (Å²) in [6.45, 7) is 7.75. The van der Waals surface area contributed by atoms with Crippen LogP contribution >= 0.6 is 0 Å². The Balaban J connectivity index is 0.000000405. The summed E-state index contributed by atoms with van der Waals surface area (Å²) in [5.41, 5.74) is 1.38. The SMILES string of the molecule is CC(C)CNC(C)[c-]1cccc1.[Ru].[cH-]1[cH-][cH-][cH-][cH-]1. The molecule has 1 nitrogen and oxygen atoms in total. The molecule has 2 aromatic rings. The van der Waals surface area contributed by atoms with E-state index in [0.29, 0.717) is 6.04 Å². The summed E-state index contributed by atoms with van der Waals surface area (Å²) in [6.07, 6.45) is 0. The molecule has 1 unspecified atom stereocenters. The topological polar surface area (TPSA) is 12.0 Å². The Morgan fingerprint density at radius 3 is 1.78 bits per heavy atom. The first-order chi connectivity index (χ1) is 8.20. The molecular formula is C16H23NRu-6. The van der Waals surface area contributed by atoms with Gasteiger partial charge >= 0.3 is 0 Å². The van der Waals surface area contributed by atoms with E-state index in [2.05, 4.69) is 50.4 Å². The minimum Gasteiger partial charge on any atom is -0.748 e. The normalized spacial score (nSPS) is 11.3. The Morgan fingerprint density at radius 1 is 0.944 bits per heavy atom. The first kappa shape index (κ1) is 17.3. The van der Waals surface area contributed by atoms with Crippen LogP contribution in [0.4, 0.5) is 0 Å². The van der Waals surface area contributed by atoms with Crippen molar-refractivity contribution in [3.8, 4) is 0 Å². The van der Waals surface area contributed by atoms with Gasteiger partial charge in [-0.25, -0.2) is 12.1 Å². The monoisotopic (exact) mass is 331 g/mol. The first-order valence-electron chi connectivity index (χ1n) is 6.32. The van der Waals surface area contributed by atoms with Crippen LogP contribution in [0, 0.1) is 5.92 Å². The molecule has 0 saturated heterocycles. The fourth-order valence-corrected chi connectivity index (χ4v) is 1.53. The summed E-state index contributed by atoms with van der Waals surface area (Å²) in [7, 11) is 0. The van der Waals surface area contributed by atoms with Gasteiger partial charge in [-0.3, -0.25) is 0 Å². The van der Waals surface area contributed by atoms with E-state index in [1.165, 1.54) is 5.56 Å². The van der Waals surface area contributed by atoms with Gasteiger partial charge in [-0.05, 0) is 18.5 Å². The molecule has 18 heavy (non-hydrogen) atoms. The Labute approximate surface area is 124 Å². The van der Waals surface area contributed by atoms with E-state index in [1.54, 1.807) is 0 Å². The van der Waals surface area contributed by atoms with Crippen LogP contribution in [-0.4, -0.2) is 6.54 Å². The molecule has 2 aromatic carbocycles. The molecule has 2 rings (SSSR count). The molecule has 0 aliphatic rings. The minimum absolute atomic E-state index is 0. The number of nitrogens with one attached hydrogen (secondary N) is 1. The number of rotatable bonds is 4. The number of hydrogen-bond donors (Lipinski definition) is 1. The van der Waals surface area contributed by atoms with E-state index in [-0.39, 0.29) is 19.5 Å². The third-order valence-corrected chi connectivity index (χ3v) is 2.58. The predicted molar refractivity (Wildman–Crippen MR) is 75.3 cm³/mol. The van der Waals surface area contributed by atoms with Crippen LogP contribution in [0.1, 0.15) is 32.4 Å². The largest absolute Gasteiger partial charge is 0.748 e. The summed E-state index contributed by atoms with van der Waals surface area (Å²) in [5, 5.41) is 3.48. The minimum atomic E-state index is 0. The fraction of sp³-hybridized carbons (Fsp3) is 0.375. The summed E-state index contributed by atoms with van der Waals surface area (Å²) in [5.74, 6) is 0.724. The third kappa shape index (κ3) is 7.58. The Bertz CT molecular complexity index is 331. The second kappa shape index (κ2) is 10.2. The van der Waals surface area contributed by atoms with Crippen LogP contribution < -0.4 is 5.32 Å². The molecule has 0 heterocycles. The molecule has 0 fully saturated rings. The maximum absolute atomic E-state index is 3.48. The van der Waals surface area contributed by atoms with Crippen molar-refractivity contribution < 1.29 is 19.5 Å². The molecule has 0 aromatic heterocycles. The molecule has 0 amide bonds. The van der Waals surface area contributed by atoms with Crippen LogP contribution in [0.15, 0.2) is 54.6 Å². The van der Waals surface area contributed by atoms with Crippen LogP contribution in [0.25, 0.3) is 0 Å². The van der Waals surface area contributed by atoms with E-state index in [1.807, 2.05) is 30.3 Å². The van der Waals surface area contributed by atoms with Crippen molar-refractivity contribution in [1.82, 2.24) is 5.32 Å². The van der Waals surface area contributed by atoms with Crippen molar-refractivity contribution >= 4 is 0 Å². The third-order valence-electron chi connectivity index (χ3n) is 2.58. The average molecular weight is 330 g/mol. The van der Waals surface area contributed by atoms with Crippen LogP contribution in [-0.2, 0) is 19.5 Å². The van der Waals surface area contributed by atoms with Crippen molar-refractivity contribution in [2.24, 2.45) is 5.92 Å². The second-order valence-corrected chi connectivity index (χ2v) is 4.70. The predicted octanol–water partition coefficient (Wildman–Crippen LogP) is 4.12. The van der Waals surface area contributed by atoms with E-state index in [0.717, 1.165) is 12.5 Å². The molecular weight excluding hydrogens is 307 g/mol. The van der Waals surface area contributed by atoms with E-state index in [4.69, 9.17) is 0 Å². The molecule has 106 valence electrons. The summed E-state index contributed by atoms with van der Waals surface area (Å²) in [4.78, 5) is 0. The van der Waals surface area contributed by atoms with E-state index in [9.17, 15) is 0 Å². The average Bonchev–Trinajstić information content (AvgIpc) is 2.99. The molecule has 0 saturated carbocycles. The first-order valence-corrected chi connectivity index (χ1v) is 6.32. The second-order valence-electron chi connectivity index (χ2n) is 4.70. The standard InChI is InChI=1S/C11H18N.C5H5.Ru/c1-9(2)8-12-10(3)11-6-4-5-7-11;1-2-4-5-3-1;/h4-7,9-10,12H,8H2,1-3H3;1-5H;/q-1;-5;. The molecule has 0 aliphatic carbocycles. The molecule has 0 bridgehead atoms. The molecule has 1 atom stereocenters. The smallest absolute Gasteiger partial charge is 0 e. The van der Waals surface area contributed by atoms with E-state index < -0.39 is 0 Å². The van der Waals surface area contributed by atoms with Crippen LogP contribution in [0.3, 0.4) is 0 Å². The summed E-state index contributed by atoms with van der Waals surface area (Å²) < 4.78 is 0. The van der Waals surface area contributed by atoms with Crippen LogP contribution in [0.5, 0.6) is 0 Å². The summed E-state index contributed by atoms with van der Waals surface area (Å²) in [6, 6.07) is 19.0. The maximum Gasteiger partial charge on any atom is 0 e. The van der Waals surface area contributed by atoms with Gasteiger partial charge in [0.25, 0.3) is 0 Å². The van der Waals surface area contributed by atoms with Gasteiger partial charge in [-0.15, -0.1) is 5.56 Å². The molecule has 0 spiro atoms. The van der Waals surface area contributed by atoms with Gasteiger partial charge < -0.3 is 35.6 Å². The molecule has 2 heteroatoms. The van der Waals surface area contributed by atoms with Crippen LogP contribution in [0.2, 0.25) is 0 Å². The van der Waals surface area contributed by atoms with Crippen molar-refractivity contribution in [3.63, 3.8) is 0 Å². The van der Waals surface area contributed by atoms with E-state index >= 15 is 0 Å². The van der Waals surface area contributed by atoms with Gasteiger partial charge in [0.1, 0.15) is 0 Å². The van der Waals surface area contributed by atoms with Gasteiger partial charge in [0.15, 0.2) is 0 Å². The quantitative estimate of drug-likeness (QED) is 0.657. The zero-order valence-electron chi connectivity index (χ0n) is 11.4. The van der Waals surface area contributed by atoms with Crippen molar-refractivity contribution in [3.05, 3.63) is 60.2 Å². The molecule has 0 aliphatic heterocycles. The van der Waals surface area contributed by atoms with Gasteiger partial charge in [0.2, 0.25) is 0 Å². The maximum atomic E-state index is 3.48. The molecule has 1 N–H and O–H groups in total. The van der Waals surface area contributed by atoms with Gasteiger partial charge in [-0.2, -0.15) is 12.1 Å². The van der Waals surface area contributed by atoms with Crippen molar-refractivity contribution in [1.29, 1.82) is 0 Å². The Hall–Kier alpha value is -0.717. The molecule has 0 radical (unpaired) electrons. The van der Waals surface area contributed by atoms with Gasteiger partial charge in [0.05, 0.1) is 0 Å². The number of hydrogen-bond acceptors (Lipinski definition) is 1. The zero-order chi connectivity index (χ0) is 12.5.